The average Bonchev–Trinajstić information content (AvgIpc) is 2.73. The van der Waals surface area contributed by atoms with E-state index < -0.39 is 10.0 Å². The molecule has 0 atom stereocenters. The van der Waals surface area contributed by atoms with Gasteiger partial charge in [0, 0.05) is 12.2 Å². The number of hydrogen-bond donors (Lipinski definition) is 1. The van der Waals surface area contributed by atoms with Crippen molar-refractivity contribution in [3.05, 3.63) is 93.5 Å². The van der Waals surface area contributed by atoms with E-state index in [2.05, 4.69) is 5.32 Å². The van der Waals surface area contributed by atoms with Crippen molar-refractivity contribution >= 4 is 21.6 Å². The number of anilines is 1. The molecule has 1 N–H and O–H groups in total. The molecular weight excluding hydrogens is 444 g/mol. The fourth-order valence-corrected chi connectivity index (χ4v) is 6.41. The van der Waals surface area contributed by atoms with Crippen LogP contribution in [-0.4, -0.2) is 31.7 Å². The number of amides is 1. The zero-order chi connectivity index (χ0) is 25.0. The first-order valence-corrected chi connectivity index (χ1v) is 12.9. The zero-order valence-electron chi connectivity index (χ0n) is 20.9. The lowest BCUT2D eigenvalue weighted by Crippen LogP contribution is -2.40. The van der Waals surface area contributed by atoms with E-state index in [0.717, 1.165) is 33.5 Å². The van der Waals surface area contributed by atoms with Crippen molar-refractivity contribution in [1.82, 2.24) is 4.31 Å². The van der Waals surface area contributed by atoms with Gasteiger partial charge in [-0.2, -0.15) is 4.31 Å². The first-order valence-electron chi connectivity index (χ1n) is 11.5. The maximum Gasteiger partial charge on any atom is 0.244 e. The standard InChI is InChI=1S/C28H34N2O3S/c1-19-14-21(3)27(22(4)15-19)29-26(31)18-30(13-12-25-10-8-7-9-11-25)34(32,33)28-23(5)16-20(2)17-24(28)6/h7-11,14-17H,12-13,18H2,1-6H3,(H,29,31). The highest BCUT2D eigenvalue weighted by molar-refractivity contribution is 7.89. The van der Waals surface area contributed by atoms with Crippen LogP contribution in [0.15, 0.2) is 59.5 Å². The SMILES string of the molecule is Cc1cc(C)c(NC(=O)CN(CCc2ccccc2)S(=O)(=O)c2c(C)cc(C)cc2C)c(C)c1. The maximum absolute atomic E-state index is 13.8. The molecule has 1 amide bonds. The Morgan fingerprint density at radius 1 is 0.794 bits per heavy atom. The van der Waals surface area contributed by atoms with E-state index >= 15 is 0 Å². The minimum absolute atomic E-state index is 0.207. The normalized spacial score (nSPS) is 11.6. The fourth-order valence-electron chi connectivity index (χ4n) is 4.60. The summed E-state index contributed by atoms with van der Waals surface area (Å²) in [5.41, 5.74) is 7.16. The molecular formula is C28H34N2O3S. The van der Waals surface area contributed by atoms with Gasteiger partial charge in [-0.15, -0.1) is 0 Å². The number of carbonyl (C=O) groups excluding carboxylic acids is 1. The molecule has 0 fully saturated rings. The fraction of sp³-hybridized carbons (Fsp3) is 0.321. The van der Waals surface area contributed by atoms with Gasteiger partial charge in [-0.3, -0.25) is 4.79 Å². The lowest BCUT2D eigenvalue weighted by atomic mass is 10.1. The Bertz CT molecular complexity index is 1250. The van der Waals surface area contributed by atoms with Gasteiger partial charge in [0.05, 0.1) is 11.4 Å². The smallest absolute Gasteiger partial charge is 0.244 e. The number of carbonyl (C=O) groups is 1. The second-order valence-electron chi connectivity index (χ2n) is 9.12. The van der Waals surface area contributed by atoms with E-state index in [9.17, 15) is 13.2 Å². The predicted octanol–water partition coefficient (Wildman–Crippen LogP) is 5.41. The number of nitrogens with one attached hydrogen (secondary N) is 1. The second kappa shape index (κ2) is 10.5. The van der Waals surface area contributed by atoms with Crippen molar-refractivity contribution in [1.29, 1.82) is 0 Å². The molecule has 0 aliphatic rings. The largest absolute Gasteiger partial charge is 0.324 e. The molecule has 6 heteroatoms. The molecule has 0 unspecified atom stereocenters. The Morgan fingerprint density at radius 2 is 1.29 bits per heavy atom. The number of benzene rings is 3. The molecule has 3 aromatic carbocycles. The minimum Gasteiger partial charge on any atom is -0.324 e. The van der Waals surface area contributed by atoms with Crippen LogP contribution in [0.4, 0.5) is 5.69 Å². The predicted molar refractivity (Wildman–Crippen MR) is 139 cm³/mol. The third kappa shape index (κ3) is 5.93. The van der Waals surface area contributed by atoms with E-state index in [0.29, 0.717) is 17.5 Å². The van der Waals surface area contributed by atoms with Crippen LogP contribution in [0, 0.1) is 41.5 Å². The molecule has 0 bridgehead atoms. The molecule has 0 saturated carbocycles. The zero-order valence-corrected chi connectivity index (χ0v) is 21.7. The van der Waals surface area contributed by atoms with Crippen molar-refractivity contribution in [2.24, 2.45) is 0 Å². The van der Waals surface area contributed by atoms with Gasteiger partial charge >= 0.3 is 0 Å². The number of rotatable bonds is 8. The van der Waals surface area contributed by atoms with Gasteiger partial charge in [-0.25, -0.2) is 8.42 Å². The number of hydrogen-bond acceptors (Lipinski definition) is 3. The van der Waals surface area contributed by atoms with Crippen LogP contribution in [0.5, 0.6) is 0 Å². The first-order chi connectivity index (χ1) is 16.0. The summed E-state index contributed by atoms with van der Waals surface area (Å²) >= 11 is 0. The van der Waals surface area contributed by atoms with Crippen molar-refractivity contribution in [2.45, 2.75) is 52.9 Å². The Kier molecular flexibility index (Phi) is 7.95. The van der Waals surface area contributed by atoms with Crippen LogP contribution in [0.2, 0.25) is 0 Å². The van der Waals surface area contributed by atoms with E-state index in [1.165, 1.54) is 4.31 Å². The Morgan fingerprint density at radius 3 is 1.82 bits per heavy atom. The Labute approximate surface area is 203 Å². The highest BCUT2D eigenvalue weighted by atomic mass is 32.2. The number of nitrogens with zero attached hydrogens (tertiary/aromatic N) is 1. The minimum atomic E-state index is -3.89. The monoisotopic (exact) mass is 478 g/mol. The molecule has 180 valence electrons. The summed E-state index contributed by atoms with van der Waals surface area (Å²) in [5.74, 6) is -0.353. The van der Waals surface area contributed by atoms with E-state index in [1.54, 1.807) is 13.8 Å². The van der Waals surface area contributed by atoms with Crippen molar-refractivity contribution in [3.8, 4) is 0 Å². The molecule has 0 aliphatic heterocycles. The highest BCUT2D eigenvalue weighted by Crippen LogP contribution is 2.26. The van der Waals surface area contributed by atoms with Crippen LogP contribution in [0.3, 0.4) is 0 Å². The summed E-state index contributed by atoms with van der Waals surface area (Å²) in [6, 6.07) is 17.5. The third-order valence-corrected chi connectivity index (χ3v) is 8.11. The second-order valence-corrected chi connectivity index (χ2v) is 11.0. The summed E-state index contributed by atoms with van der Waals surface area (Å²) in [6.07, 6.45) is 0.514. The Hall–Kier alpha value is -2.96. The highest BCUT2D eigenvalue weighted by Gasteiger charge is 2.29. The molecule has 0 saturated heterocycles. The molecule has 3 aromatic rings. The van der Waals surface area contributed by atoms with Crippen LogP contribution in [-0.2, 0) is 21.2 Å². The van der Waals surface area contributed by atoms with Crippen molar-refractivity contribution in [3.63, 3.8) is 0 Å². The van der Waals surface area contributed by atoms with Gasteiger partial charge in [-0.1, -0.05) is 65.7 Å². The van der Waals surface area contributed by atoms with Crippen LogP contribution >= 0.6 is 0 Å². The third-order valence-electron chi connectivity index (χ3n) is 5.96. The van der Waals surface area contributed by atoms with Gasteiger partial charge in [0.2, 0.25) is 15.9 Å². The average molecular weight is 479 g/mol. The summed E-state index contributed by atoms with van der Waals surface area (Å²) in [5, 5.41) is 2.95. The Balaban J connectivity index is 1.93. The van der Waals surface area contributed by atoms with Crippen molar-refractivity contribution in [2.75, 3.05) is 18.4 Å². The molecule has 0 aromatic heterocycles. The first kappa shape index (κ1) is 25.7. The van der Waals surface area contributed by atoms with E-state index in [4.69, 9.17) is 0 Å². The van der Waals surface area contributed by atoms with Crippen LogP contribution in [0.25, 0.3) is 0 Å². The summed E-state index contributed by atoms with van der Waals surface area (Å²) in [4.78, 5) is 13.4. The van der Waals surface area contributed by atoms with E-state index in [1.807, 2.05) is 82.3 Å². The lowest BCUT2D eigenvalue weighted by Gasteiger charge is -2.24. The van der Waals surface area contributed by atoms with Gasteiger partial charge < -0.3 is 5.32 Å². The van der Waals surface area contributed by atoms with Gasteiger partial charge in [0.1, 0.15) is 0 Å². The van der Waals surface area contributed by atoms with Crippen molar-refractivity contribution < 1.29 is 13.2 Å². The molecule has 0 aliphatic carbocycles. The molecule has 34 heavy (non-hydrogen) atoms. The van der Waals surface area contributed by atoms with Crippen LogP contribution < -0.4 is 5.32 Å². The summed E-state index contributed by atoms with van der Waals surface area (Å²) in [6.45, 7) is 11.4. The number of sulfonamides is 1. The molecule has 0 spiro atoms. The summed E-state index contributed by atoms with van der Waals surface area (Å²) in [7, 11) is -3.89. The maximum atomic E-state index is 13.8. The topological polar surface area (TPSA) is 66.5 Å². The molecule has 0 radical (unpaired) electrons. The lowest BCUT2D eigenvalue weighted by molar-refractivity contribution is -0.116. The van der Waals surface area contributed by atoms with Gasteiger partial charge in [0.15, 0.2) is 0 Å². The van der Waals surface area contributed by atoms with E-state index in [-0.39, 0.29) is 23.9 Å². The number of aryl methyl sites for hydroxylation is 6. The summed E-state index contributed by atoms with van der Waals surface area (Å²) < 4.78 is 28.9. The molecule has 3 rings (SSSR count). The molecule has 0 heterocycles. The quantitative estimate of drug-likeness (QED) is 0.471. The van der Waals surface area contributed by atoms with Gasteiger partial charge in [0.25, 0.3) is 0 Å². The molecule has 5 nitrogen and oxygen atoms in total. The van der Waals surface area contributed by atoms with Crippen LogP contribution in [0.1, 0.15) is 38.9 Å². The van der Waals surface area contributed by atoms with Gasteiger partial charge in [-0.05, 0) is 75.8 Å².